The Morgan fingerprint density at radius 2 is 2.18 bits per heavy atom. The van der Waals surface area contributed by atoms with Crippen molar-refractivity contribution in [1.82, 2.24) is 5.32 Å². The maximum atomic E-state index is 12.8. The van der Waals surface area contributed by atoms with Crippen LogP contribution in [0.4, 0.5) is 9.57 Å². The predicted molar refractivity (Wildman–Crippen MR) is 80.2 cm³/mol. The Morgan fingerprint density at radius 3 is 2.77 bits per heavy atom. The Bertz CT molecular complexity index is 723. The average molecular weight is 349 g/mol. The third kappa shape index (κ3) is 3.75. The number of amides is 2. The summed E-state index contributed by atoms with van der Waals surface area (Å²) in [5.41, 5.74) is 0.527. The van der Waals surface area contributed by atoms with E-state index >= 15 is 0 Å². The van der Waals surface area contributed by atoms with E-state index in [2.05, 4.69) is 5.32 Å². The van der Waals surface area contributed by atoms with Gasteiger partial charge in [-0.3, -0.25) is 9.59 Å². The zero-order valence-corrected chi connectivity index (χ0v) is 13.2. The summed E-state index contributed by atoms with van der Waals surface area (Å²) in [6.07, 6.45) is -0.0944. The number of carbonyl (C=O) groups is 2. The van der Waals surface area contributed by atoms with Crippen LogP contribution in [0.5, 0.6) is 0 Å². The third-order valence-electron chi connectivity index (χ3n) is 3.36. The summed E-state index contributed by atoms with van der Waals surface area (Å²) in [5, 5.41) is 2.78. The first-order chi connectivity index (χ1) is 10.2. The molecule has 1 saturated heterocycles. The molecule has 1 heterocycles. The van der Waals surface area contributed by atoms with Crippen LogP contribution in [0.1, 0.15) is 16.8 Å². The van der Waals surface area contributed by atoms with Gasteiger partial charge in [-0.05, 0) is 18.2 Å². The molecule has 1 unspecified atom stereocenters. The number of benzene rings is 1. The molecular formula is C13H14ClFN2O4S. The van der Waals surface area contributed by atoms with Crippen LogP contribution in [0.15, 0.2) is 18.2 Å². The van der Waals surface area contributed by atoms with Crippen molar-refractivity contribution in [1.29, 1.82) is 0 Å². The Hall–Kier alpha value is -1.67. The number of nitrogens with zero attached hydrogens (tertiary/aromatic N) is 1. The molecule has 1 aromatic carbocycles. The largest absolute Gasteiger partial charge is 0.355 e. The molecule has 0 aliphatic carbocycles. The molecule has 22 heavy (non-hydrogen) atoms. The molecule has 1 N–H and O–H groups in total. The maximum absolute atomic E-state index is 12.8. The lowest BCUT2D eigenvalue weighted by Gasteiger charge is -2.20. The van der Waals surface area contributed by atoms with Crippen LogP contribution in [0, 0.1) is 5.92 Å². The molecule has 1 fully saturated rings. The molecule has 0 bridgehead atoms. The predicted octanol–water partition coefficient (Wildman–Crippen LogP) is 1.35. The van der Waals surface area contributed by atoms with Gasteiger partial charge in [-0.25, -0.2) is 0 Å². The van der Waals surface area contributed by atoms with Crippen molar-refractivity contribution in [3.63, 3.8) is 0 Å². The van der Waals surface area contributed by atoms with E-state index in [9.17, 15) is 21.9 Å². The summed E-state index contributed by atoms with van der Waals surface area (Å²) in [5.74, 6) is -2.15. The quantitative estimate of drug-likeness (QED) is 0.832. The Labute approximate surface area is 132 Å². The van der Waals surface area contributed by atoms with Gasteiger partial charge < -0.3 is 10.2 Å². The normalized spacial score (nSPS) is 18.6. The second-order valence-electron chi connectivity index (χ2n) is 5.02. The topological polar surface area (TPSA) is 83.6 Å². The van der Waals surface area contributed by atoms with Gasteiger partial charge in [0.05, 0.1) is 17.0 Å². The minimum Gasteiger partial charge on any atom is -0.355 e. The van der Waals surface area contributed by atoms with Gasteiger partial charge in [-0.15, -0.1) is 3.89 Å². The van der Waals surface area contributed by atoms with Gasteiger partial charge in [0.15, 0.2) is 0 Å². The molecule has 1 aliphatic rings. The first-order valence-corrected chi connectivity index (χ1v) is 8.38. The average Bonchev–Trinajstić information content (AvgIpc) is 2.76. The summed E-state index contributed by atoms with van der Waals surface area (Å²) >= 11 is 5.91. The van der Waals surface area contributed by atoms with E-state index in [1.54, 1.807) is 0 Å². The van der Waals surface area contributed by atoms with E-state index in [0.29, 0.717) is 5.02 Å². The van der Waals surface area contributed by atoms with Crippen LogP contribution in [0.3, 0.4) is 0 Å². The van der Waals surface area contributed by atoms with E-state index in [1.807, 2.05) is 0 Å². The van der Waals surface area contributed by atoms with Crippen LogP contribution in [-0.4, -0.2) is 39.6 Å². The number of hydrogen-bond acceptors (Lipinski definition) is 4. The van der Waals surface area contributed by atoms with Gasteiger partial charge in [0.2, 0.25) is 5.91 Å². The smallest absolute Gasteiger partial charge is 0.302 e. The molecule has 6 nitrogen and oxygen atoms in total. The molecule has 0 aromatic heterocycles. The van der Waals surface area contributed by atoms with Crippen molar-refractivity contribution in [3.8, 4) is 0 Å². The molecule has 0 radical (unpaired) electrons. The van der Waals surface area contributed by atoms with E-state index < -0.39 is 27.8 Å². The molecule has 9 heteroatoms. The molecular weight excluding hydrogens is 335 g/mol. The summed E-state index contributed by atoms with van der Waals surface area (Å²) in [7, 11) is -3.21. The lowest BCUT2D eigenvalue weighted by Crippen LogP contribution is -2.29. The number of anilines is 1. The van der Waals surface area contributed by atoms with Crippen molar-refractivity contribution in [2.45, 2.75) is 6.42 Å². The number of nitrogens with one attached hydrogen (secondary N) is 1. The monoisotopic (exact) mass is 348 g/mol. The van der Waals surface area contributed by atoms with E-state index in [1.165, 1.54) is 30.1 Å². The van der Waals surface area contributed by atoms with Gasteiger partial charge in [0.1, 0.15) is 0 Å². The molecule has 2 rings (SSSR count). The molecule has 0 spiro atoms. The van der Waals surface area contributed by atoms with Gasteiger partial charge in [-0.2, -0.15) is 8.42 Å². The highest BCUT2D eigenvalue weighted by Crippen LogP contribution is 2.31. The molecule has 1 aliphatic heterocycles. The standard InChI is InChI=1S/C13H14ClFN2O4S/c1-16-13(19)10-3-2-9(14)5-11(10)17-6-8(4-12(17)18)7-22(15,20)21/h2-3,5,8H,4,6-7H2,1H3,(H,16,19). The van der Waals surface area contributed by atoms with Crippen molar-refractivity contribution < 1.29 is 21.9 Å². The highest BCUT2D eigenvalue weighted by molar-refractivity contribution is 7.86. The van der Waals surface area contributed by atoms with Crippen LogP contribution in [0.2, 0.25) is 5.02 Å². The minimum absolute atomic E-state index is 0.0202. The van der Waals surface area contributed by atoms with Crippen molar-refractivity contribution in [3.05, 3.63) is 28.8 Å². The SMILES string of the molecule is CNC(=O)c1ccc(Cl)cc1N1CC(CS(=O)(=O)F)CC1=O. The zero-order valence-electron chi connectivity index (χ0n) is 11.7. The van der Waals surface area contributed by atoms with E-state index in [-0.39, 0.29) is 30.1 Å². The Balaban J connectivity index is 2.34. The Kier molecular flexibility index (Phi) is 4.72. The van der Waals surface area contributed by atoms with Crippen molar-refractivity contribution in [2.24, 2.45) is 5.92 Å². The number of carbonyl (C=O) groups excluding carboxylic acids is 2. The Morgan fingerprint density at radius 1 is 1.50 bits per heavy atom. The van der Waals surface area contributed by atoms with Gasteiger partial charge in [0, 0.05) is 31.0 Å². The number of rotatable bonds is 4. The second kappa shape index (κ2) is 6.21. The first kappa shape index (κ1) is 16.7. The van der Waals surface area contributed by atoms with Crippen LogP contribution in [0.25, 0.3) is 0 Å². The van der Waals surface area contributed by atoms with Gasteiger partial charge in [0.25, 0.3) is 5.91 Å². The number of halogens is 2. The molecule has 120 valence electrons. The lowest BCUT2D eigenvalue weighted by molar-refractivity contribution is -0.117. The first-order valence-electron chi connectivity index (χ1n) is 6.45. The molecule has 0 saturated carbocycles. The maximum Gasteiger partial charge on any atom is 0.302 e. The fraction of sp³-hybridized carbons (Fsp3) is 0.385. The fourth-order valence-corrected chi connectivity index (χ4v) is 3.42. The second-order valence-corrected chi connectivity index (χ2v) is 6.87. The molecule has 1 atom stereocenters. The van der Waals surface area contributed by atoms with E-state index in [0.717, 1.165) is 0 Å². The van der Waals surface area contributed by atoms with Crippen LogP contribution < -0.4 is 10.2 Å². The lowest BCUT2D eigenvalue weighted by atomic mass is 10.1. The van der Waals surface area contributed by atoms with Gasteiger partial charge >= 0.3 is 10.2 Å². The summed E-state index contributed by atoms with van der Waals surface area (Å²) in [6, 6.07) is 4.44. The summed E-state index contributed by atoms with van der Waals surface area (Å²) in [4.78, 5) is 25.2. The molecule has 2 amide bonds. The molecule has 1 aromatic rings. The minimum atomic E-state index is -4.66. The summed E-state index contributed by atoms with van der Waals surface area (Å²) in [6.45, 7) is 0.0202. The highest BCUT2D eigenvalue weighted by Gasteiger charge is 2.35. The number of hydrogen-bond donors (Lipinski definition) is 1. The van der Waals surface area contributed by atoms with Crippen LogP contribution in [-0.2, 0) is 15.0 Å². The fourth-order valence-electron chi connectivity index (χ4n) is 2.46. The zero-order chi connectivity index (χ0) is 16.5. The third-order valence-corrected chi connectivity index (χ3v) is 4.47. The van der Waals surface area contributed by atoms with Gasteiger partial charge in [-0.1, -0.05) is 11.6 Å². The summed E-state index contributed by atoms with van der Waals surface area (Å²) < 4.78 is 34.2. The highest BCUT2D eigenvalue weighted by atomic mass is 35.5. The van der Waals surface area contributed by atoms with Crippen LogP contribution >= 0.6 is 11.6 Å². The van der Waals surface area contributed by atoms with Crippen molar-refractivity contribution in [2.75, 3.05) is 24.2 Å². The van der Waals surface area contributed by atoms with Crippen molar-refractivity contribution >= 4 is 39.3 Å². The van der Waals surface area contributed by atoms with E-state index in [4.69, 9.17) is 11.6 Å².